The number of benzene rings is 1. The Hall–Kier alpha value is -3.50. The Morgan fingerprint density at radius 2 is 2.20 bits per heavy atom. The average Bonchev–Trinajstić information content (AvgIpc) is 3.24. The van der Waals surface area contributed by atoms with Gasteiger partial charge in [-0.1, -0.05) is 16.8 Å². The van der Waals surface area contributed by atoms with Gasteiger partial charge in [0, 0.05) is 55.3 Å². The summed E-state index contributed by atoms with van der Waals surface area (Å²) in [6.45, 7) is 4.24. The minimum atomic E-state index is -0.104. The van der Waals surface area contributed by atoms with Gasteiger partial charge in [-0.3, -0.25) is 9.78 Å². The van der Waals surface area contributed by atoms with Crippen molar-refractivity contribution in [2.45, 2.75) is 18.8 Å². The number of hydrogen-bond acceptors (Lipinski definition) is 8. The van der Waals surface area contributed by atoms with Crippen molar-refractivity contribution >= 4 is 39.5 Å². The predicted molar refractivity (Wildman–Crippen MR) is 132 cm³/mol. The van der Waals surface area contributed by atoms with Gasteiger partial charge in [-0.05, 0) is 37.3 Å². The lowest BCUT2D eigenvalue weighted by Crippen LogP contribution is -2.32. The van der Waals surface area contributed by atoms with Crippen LogP contribution in [0.15, 0.2) is 35.1 Å². The molecule has 5 aromatic rings. The lowest BCUT2D eigenvalue weighted by molar-refractivity contribution is 0.379. The first-order chi connectivity index (χ1) is 17.0. The first-order valence-electron chi connectivity index (χ1n) is 11.7. The van der Waals surface area contributed by atoms with Crippen LogP contribution < -0.4 is 10.6 Å². The molecule has 0 unspecified atom stereocenters. The van der Waals surface area contributed by atoms with Crippen LogP contribution in [0.4, 0.5) is 5.82 Å². The molecule has 7 rings (SSSR count). The van der Waals surface area contributed by atoms with E-state index < -0.39 is 0 Å². The Balaban J connectivity index is 1.20. The summed E-state index contributed by atoms with van der Waals surface area (Å²) in [5.41, 5.74) is 10.8. The Bertz CT molecular complexity index is 1600. The molecule has 1 saturated carbocycles. The summed E-state index contributed by atoms with van der Waals surface area (Å²) >= 11 is 6.73. The smallest absolute Gasteiger partial charge is 0.177 e. The van der Waals surface area contributed by atoms with Crippen LogP contribution in [0, 0.1) is 18.8 Å². The highest BCUT2D eigenvalue weighted by molar-refractivity contribution is 6.38. The van der Waals surface area contributed by atoms with Gasteiger partial charge in [0.2, 0.25) is 0 Å². The molecule has 11 heteroatoms. The molecular weight excluding hydrogens is 466 g/mol. The van der Waals surface area contributed by atoms with Gasteiger partial charge < -0.3 is 15.2 Å². The van der Waals surface area contributed by atoms with Crippen molar-refractivity contribution < 1.29 is 4.52 Å². The summed E-state index contributed by atoms with van der Waals surface area (Å²) in [6.07, 6.45) is 4.76. The third-order valence-electron chi connectivity index (χ3n) is 7.84. The zero-order valence-electron chi connectivity index (χ0n) is 19.4. The molecule has 4 aromatic heterocycles. The topological polar surface area (TPSA) is 128 Å². The lowest BCUT2D eigenvalue weighted by Gasteiger charge is -2.26. The number of piperidine rings is 1. The van der Waals surface area contributed by atoms with Gasteiger partial charge in [-0.25, -0.2) is 9.97 Å². The van der Waals surface area contributed by atoms with Gasteiger partial charge in [0.1, 0.15) is 22.8 Å². The maximum Gasteiger partial charge on any atom is 0.177 e. The fourth-order valence-electron chi connectivity index (χ4n) is 6.05. The van der Waals surface area contributed by atoms with E-state index in [2.05, 4.69) is 25.4 Å². The molecule has 178 valence electrons. The van der Waals surface area contributed by atoms with Gasteiger partial charge in [0.05, 0.1) is 22.4 Å². The van der Waals surface area contributed by atoms with Crippen LogP contribution in [0.25, 0.3) is 33.3 Å². The van der Waals surface area contributed by atoms with Gasteiger partial charge in [-0.2, -0.15) is 10.2 Å². The number of halogens is 1. The fraction of sp³-hybridized carbons (Fsp3) is 0.375. The van der Waals surface area contributed by atoms with Crippen molar-refractivity contribution in [2.75, 3.05) is 24.5 Å². The molecule has 1 saturated heterocycles. The van der Waals surface area contributed by atoms with Crippen molar-refractivity contribution in [2.24, 2.45) is 24.6 Å². The highest BCUT2D eigenvalue weighted by Crippen LogP contribution is 2.62. The van der Waals surface area contributed by atoms with E-state index in [4.69, 9.17) is 31.8 Å². The van der Waals surface area contributed by atoms with E-state index in [1.807, 2.05) is 44.6 Å². The van der Waals surface area contributed by atoms with Crippen LogP contribution in [-0.4, -0.2) is 54.7 Å². The van der Waals surface area contributed by atoms with Gasteiger partial charge in [0.25, 0.3) is 0 Å². The van der Waals surface area contributed by atoms with E-state index in [1.165, 1.54) is 0 Å². The second-order valence-electron chi connectivity index (χ2n) is 9.68. The number of fused-ring (bicyclic) bond motifs is 3. The number of aromatic nitrogens is 7. The molecule has 0 amide bonds. The standard InChI is InChI=1S/C24H24ClN9O/c1-12-7-18(32-35-12)24(11-26)15-5-6-34(10-16(15)24)19-8-27-22-21(29-30-23(22)28-19)13-3-4-17-14(20(13)25)9-33(2)31-17/h3-4,7-9,15-16H,5-6,10-11,26H2,1-2H3,(H,28,29,30)/t15-,16+,24+/m1/s1. The average molecular weight is 490 g/mol. The molecule has 0 bridgehead atoms. The fourth-order valence-corrected chi connectivity index (χ4v) is 6.35. The van der Waals surface area contributed by atoms with E-state index in [9.17, 15) is 0 Å². The molecule has 3 N–H and O–H groups in total. The molecule has 1 aliphatic heterocycles. The highest BCUT2D eigenvalue weighted by atomic mass is 35.5. The third kappa shape index (κ3) is 2.90. The number of hydrogen-bond donors (Lipinski definition) is 2. The maximum atomic E-state index is 6.73. The number of nitrogens with zero attached hydrogens (tertiary/aromatic N) is 7. The molecule has 10 nitrogen and oxygen atoms in total. The first kappa shape index (κ1) is 20.8. The van der Waals surface area contributed by atoms with Crippen LogP contribution >= 0.6 is 11.6 Å². The minimum Gasteiger partial charge on any atom is -0.361 e. The molecule has 5 heterocycles. The maximum absolute atomic E-state index is 6.73. The zero-order valence-corrected chi connectivity index (χ0v) is 20.1. The number of aromatic amines is 1. The third-order valence-corrected chi connectivity index (χ3v) is 8.25. The molecule has 3 atom stereocenters. The molecule has 0 radical (unpaired) electrons. The second kappa shape index (κ2) is 7.25. The number of rotatable bonds is 4. The van der Waals surface area contributed by atoms with Gasteiger partial charge in [-0.15, -0.1) is 0 Å². The largest absolute Gasteiger partial charge is 0.361 e. The predicted octanol–water partition coefficient (Wildman–Crippen LogP) is 3.21. The summed E-state index contributed by atoms with van der Waals surface area (Å²) in [6, 6.07) is 5.90. The van der Waals surface area contributed by atoms with Gasteiger partial charge in [0.15, 0.2) is 5.65 Å². The molecule has 35 heavy (non-hydrogen) atoms. The van der Waals surface area contributed by atoms with Gasteiger partial charge >= 0.3 is 0 Å². The summed E-state index contributed by atoms with van der Waals surface area (Å²) < 4.78 is 7.12. The molecular formula is C24H24ClN9O. The Morgan fingerprint density at radius 3 is 3.00 bits per heavy atom. The normalized spacial score (nSPS) is 23.8. The molecule has 2 aliphatic rings. The van der Waals surface area contributed by atoms with Crippen LogP contribution in [0.3, 0.4) is 0 Å². The second-order valence-corrected chi connectivity index (χ2v) is 10.1. The quantitative estimate of drug-likeness (QED) is 0.394. The summed E-state index contributed by atoms with van der Waals surface area (Å²) in [4.78, 5) is 11.9. The number of anilines is 1. The summed E-state index contributed by atoms with van der Waals surface area (Å²) in [5.74, 6) is 2.59. The number of nitrogens with two attached hydrogens (primary N) is 1. The van der Waals surface area contributed by atoms with Crippen molar-refractivity contribution in [1.29, 1.82) is 0 Å². The van der Waals surface area contributed by atoms with E-state index in [-0.39, 0.29) is 5.41 Å². The Morgan fingerprint density at radius 1 is 1.31 bits per heavy atom. The minimum absolute atomic E-state index is 0.104. The Labute approximate surface area is 205 Å². The monoisotopic (exact) mass is 489 g/mol. The van der Waals surface area contributed by atoms with Crippen LogP contribution in [0.1, 0.15) is 17.9 Å². The van der Waals surface area contributed by atoms with Crippen molar-refractivity contribution in [3.8, 4) is 11.3 Å². The molecule has 2 fully saturated rings. The first-order valence-corrected chi connectivity index (χ1v) is 12.1. The molecule has 1 aromatic carbocycles. The molecule has 0 spiro atoms. The Kier molecular flexibility index (Phi) is 4.32. The zero-order chi connectivity index (χ0) is 23.9. The van der Waals surface area contributed by atoms with E-state index >= 15 is 0 Å². The SMILES string of the molecule is Cc1cc([C@@]2(CN)[C@@H]3CCN(c4cnc5c(-c6ccc7nn(C)cc7c6Cl)n[nH]c5n4)C[C@@H]32)no1. The number of H-pyrrole nitrogens is 1. The van der Waals surface area contributed by atoms with E-state index in [0.717, 1.165) is 53.2 Å². The number of aryl methyl sites for hydroxylation is 2. The van der Waals surface area contributed by atoms with Crippen molar-refractivity contribution in [3.05, 3.63) is 47.1 Å². The number of nitrogens with one attached hydrogen (secondary N) is 1. The summed E-state index contributed by atoms with van der Waals surface area (Å²) in [5, 5.41) is 17.8. The highest BCUT2D eigenvalue weighted by Gasteiger charge is 2.67. The van der Waals surface area contributed by atoms with Crippen LogP contribution in [0.2, 0.25) is 5.02 Å². The van der Waals surface area contributed by atoms with Crippen LogP contribution in [0.5, 0.6) is 0 Å². The van der Waals surface area contributed by atoms with E-state index in [1.54, 1.807) is 4.68 Å². The lowest BCUT2D eigenvalue weighted by atomic mass is 9.97. The summed E-state index contributed by atoms with van der Waals surface area (Å²) in [7, 11) is 1.88. The van der Waals surface area contributed by atoms with E-state index in [0.29, 0.717) is 40.3 Å². The molecule has 1 aliphatic carbocycles. The van der Waals surface area contributed by atoms with Crippen LogP contribution in [-0.2, 0) is 12.5 Å². The van der Waals surface area contributed by atoms with Crippen molar-refractivity contribution in [1.82, 2.24) is 35.1 Å². The van der Waals surface area contributed by atoms with Crippen molar-refractivity contribution in [3.63, 3.8) is 0 Å².